The van der Waals surface area contributed by atoms with Gasteiger partial charge in [-0.2, -0.15) is 0 Å². The van der Waals surface area contributed by atoms with Gasteiger partial charge in [-0.05, 0) is 71.0 Å². The molecule has 0 radical (unpaired) electrons. The number of anilines is 2. The van der Waals surface area contributed by atoms with Crippen molar-refractivity contribution in [2.45, 2.75) is 6.54 Å². The predicted octanol–water partition coefficient (Wildman–Crippen LogP) is 6.70. The van der Waals surface area contributed by atoms with Crippen LogP contribution >= 0.6 is 39.7 Å². The lowest BCUT2D eigenvalue weighted by Gasteiger charge is -2.36. The molecule has 0 atom stereocenters. The summed E-state index contributed by atoms with van der Waals surface area (Å²) in [6, 6.07) is 27.6. The van der Waals surface area contributed by atoms with E-state index in [1.807, 2.05) is 60.7 Å². The van der Waals surface area contributed by atoms with Crippen LogP contribution in [0, 0.1) is 0 Å². The Labute approximate surface area is 235 Å². The Morgan fingerprint density at radius 3 is 2.32 bits per heavy atom. The number of nitrogens with zero attached hydrogens (tertiary/aromatic N) is 2. The number of carbonyl (C=O) groups excluding carboxylic acids is 1. The molecule has 0 aromatic heterocycles. The molecule has 1 saturated heterocycles. The number of thiocarbonyl (C=S) groups is 1. The zero-order chi connectivity index (χ0) is 25.8. The molecule has 5 nitrogen and oxygen atoms in total. The van der Waals surface area contributed by atoms with Crippen LogP contribution in [0.1, 0.15) is 15.9 Å². The lowest BCUT2D eigenvalue weighted by atomic mass is 10.0. The van der Waals surface area contributed by atoms with E-state index in [2.05, 4.69) is 54.6 Å². The van der Waals surface area contributed by atoms with E-state index in [0.29, 0.717) is 5.56 Å². The lowest BCUT2D eigenvalue weighted by molar-refractivity contribution is 0.0979. The highest BCUT2D eigenvalue weighted by Crippen LogP contribution is 2.26. The van der Waals surface area contributed by atoms with E-state index in [1.165, 1.54) is 11.3 Å². The summed E-state index contributed by atoms with van der Waals surface area (Å²) in [6.07, 6.45) is 0. The highest BCUT2D eigenvalue weighted by molar-refractivity contribution is 9.10. The molecule has 5 rings (SSSR count). The van der Waals surface area contributed by atoms with E-state index in [-0.39, 0.29) is 11.0 Å². The number of nitrogens with one attached hydrogen (secondary N) is 2. The summed E-state index contributed by atoms with van der Waals surface area (Å²) >= 11 is 15.3. The van der Waals surface area contributed by atoms with Gasteiger partial charge in [-0.1, -0.05) is 70.0 Å². The summed E-state index contributed by atoms with van der Waals surface area (Å²) < 4.78 is 0.947. The molecule has 1 aliphatic rings. The molecule has 1 fully saturated rings. The number of hydrogen-bond acceptors (Lipinski definition) is 4. The van der Waals surface area contributed by atoms with Crippen molar-refractivity contribution in [2.75, 3.05) is 36.4 Å². The second-order valence-corrected chi connectivity index (χ2v) is 10.6. The maximum Gasteiger partial charge on any atom is 0.258 e. The Balaban J connectivity index is 1.15. The van der Waals surface area contributed by atoms with Crippen LogP contribution in [0.5, 0.6) is 0 Å². The van der Waals surface area contributed by atoms with Crippen molar-refractivity contribution in [3.05, 3.63) is 106 Å². The van der Waals surface area contributed by atoms with Crippen LogP contribution in [0.25, 0.3) is 10.8 Å². The van der Waals surface area contributed by atoms with Gasteiger partial charge in [0.2, 0.25) is 0 Å². The van der Waals surface area contributed by atoms with Crippen LogP contribution < -0.4 is 15.5 Å². The van der Waals surface area contributed by atoms with Crippen LogP contribution in [-0.2, 0) is 6.54 Å². The van der Waals surface area contributed by atoms with Crippen molar-refractivity contribution in [3.63, 3.8) is 0 Å². The van der Waals surface area contributed by atoms with E-state index in [1.54, 1.807) is 6.07 Å². The van der Waals surface area contributed by atoms with Gasteiger partial charge >= 0.3 is 0 Å². The summed E-state index contributed by atoms with van der Waals surface area (Å²) in [4.78, 5) is 17.7. The Kier molecular flexibility index (Phi) is 8.05. The smallest absolute Gasteiger partial charge is 0.258 e. The Bertz CT molecular complexity index is 1440. The largest absolute Gasteiger partial charge is 0.369 e. The Morgan fingerprint density at radius 1 is 0.865 bits per heavy atom. The van der Waals surface area contributed by atoms with E-state index < -0.39 is 0 Å². The molecule has 8 heteroatoms. The van der Waals surface area contributed by atoms with Gasteiger partial charge in [0.15, 0.2) is 5.11 Å². The summed E-state index contributed by atoms with van der Waals surface area (Å²) in [6.45, 7) is 4.73. The van der Waals surface area contributed by atoms with Gasteiger partial charge < -0.3 is 10.2 Å². The lowest BCUT2D eigenvalue weighted by Crippen LogP contribution is -2.46. The van der Waals surface area contributed by atoms with Crippen LogP contribution in [0.4, 0.5) is 11.4 Å². The number of fused-ring (bicyclic) bond motifs is 1. The molecule has 1 heterocycles. The third-order valence-electron chi connectivity index (χ3n) is 6.55. The Hall–Kier alpha value is -2.97. The van der Waals surface area contributed by atoms with Crippen molar-refractivity contribution in [1.29, 1.82) is 0 Å². The fourth-order valence-corrected chi connectivity index (χ4v) is 5.49. The first-order valence-electron chi connectivity index (χ1n) is 12.1. The fraction of sp³-hybridized carbons (Fsp3) is 0.172. The molecule has 1 aliphatic heterocycles. The fourth-order valence-electron chi connectivity index (χ4n) is 4.59. The maximum atomic E-state index is 12.9. The zero-order valence-electron chi connectivity index (χ0n) is 20.1. The number of halogens is 2. The van der Waals surface area contributed by atoms with Gasteiger partial charge in [-0.3, -0.25) is 15.0 Å². The number of benzene rings is 4. The average molecular weight is 594 g/mol. The topological polar surface area (TPSA) is 47.6 Å². The molecule has 1 amide bonds. The van der Waals surface area contributed by atoms with Crippen LogP contribution in [0.15, 0.2) is 89.4 Å². The number of piperazine rings is 1. The quantitative estimate of drug-likeness (QED) is 0.252. The molecular formula is C29H26BrClN4OS. The van der Waals surface area contributed by atoms with Crippen LogP contribution in [0.3, 0.4) is 0 Å². The Morgan fingerprint density at radius 2 is 1.57 bits per heavy atom. The first-order valence-corrected chi connectivity index (χ1v) is 13.7. The van der Waals surface area contributed by atoms with Crippen LogP contribution in [0.2, 0.25) is 5.02 Å². The number of rotatable bonds is 5. The summed E-state index contributed by atoms with van der Waals surface area (Å²) in [5, 5.41) is 8.86. The molecule has 4 aromatic rings. The third-order valence-corrected chi connectivity index (χ3v) is 7.82. The van der Waals surface area contributed by atoms with Crippen molar-refractivity contribution in [3.8, 4) is 0 Å². The number of carbonyl (C=O) groups is 1. The van der Waals surface area contributed by atoms with Gasteiger partial charge in [-0.15, -0.1) is 0 Å². The van der Waals surface area contributed by atoms with Gasteiger partial charge in [0, 0.05) is 59.2 Å². The first-order chi connectivity index (χ1) is 18.0. The van der Waals surface area contributed by atoms with Gasteiger partial charge in [0.1, 0.15) is 0 Å². The molecule has 0 saturated carbocycles. The predicted molar refractivity (Wildman–Crippen MR) is 161 cm³/mol. The van der Waals surface area contributed by atoms with Crippen molar-refractivity contribution >= 4 is 72.9 Å². The van der Waals surface area contributed by atoms with E-state index in [0.717, 1.165) is 58.7 Å². The summed E-state index contributed by atoms with van der Waals surface area (Å²) in [5.41, 5.74) is 3.74. The van der Waals surface area contributed by atoms with Crippen molar-refractivity contribution in [2.24, 2.45) is 0 Å². The van der Waals surface area contributed by atoms with E-state index >= 15 is 0 Å². The molecule has 188 valence electrons. The molecule has 37 heavy (non-hydrogen) atoms. The minimum atomic E-state index is -0.243. The third kappa shape index (κ3) is 6.13. The molecule has 0 bridgehead atoms. The second-order valence-electron chi connectivity index (χ2n) is 8.95. The minimum Gasteiger partial charge on any atom is -0.369 e. The standard InChI is InChI=1S/C29H26BrClN4OS/c30-26-9-4-6-23-24(26)7-3-8-25(23)28(36)33-29(37)32-21-11-13-22(14-12-21)35-17-15-34(16-18-35)19-20-5-1-2-10-27(20)31/h1-14H,15-19H2,(H2,32,33,36,37). The van der Waals surface area contributed by atoms with Gasteiger partial charge in [0.05, 0.1) is 0 Å². The number of amides is 1. The highest BCUT2D eigenvalue weighted by Gasteiger charge is 2.18. The van der Waals surface area contributed by atoms with Gasteiger partial charge in [0.25, 0.3) is 5.91 Å². The monoisotopic (exact) mass is 592 g/mol. The normalized spacial score (nSPS) is 13.9. The maximum absolute atomic E-state index is 12.9. The molecule has 0 aliphatic carbocycles. The molecule has 0 unspecified atom stereocenters. The molecule has 2 N–H and O–H groups in total. The summed E-state index contributed by atoms with van der Waals surface area (Å²) in [5.74, 6) is -0.243. The minimum absolute atomic E-state index is 0.243. The second kappa shape index (κ2) is 11.6. The van der Waals surface area contributed by atoms with Gasteiger partial charge in [-0.25, -0.2) is 0 Å². The SMILES string of the molecule is O=C(NC(=S)Nc1ccc(N2CCN(Cc3ccccc3Cl)CC2)cc1)c1cccc2c(Br)cccc12. The van der Waals surface area contributed by atoms with E-state index in [9.17, 15) is 4.79 Å². The molecule has 0 spiro atoms. The summed E-state index contributed by atoms with van der Waals surface area (Å²) in [7, 11) is 0. The average Bonchev–Trinajstić information content (AvgIpc) is 2.91. The number of hydrogen-bond donors (Lipinski definition) is 2. The van der Waals surface area contributed by atoms with Crippen LogP contribution in [-0.4, -0.2) is 42.1 Å². The molecule has 4 aromatic carbocycles. The van der Waals surface area contributed by atoms with E-state index in [4.69, 9.17) is 23.8 Å². The van der Waals surface area contributed by atoms with Crippen molar-refractivity contribution in [1.82, 2.24) is 10.2 Å². The zero-order valence-corrected chi connectivity index (χ0v) is 23.2. The highest BCUT2D eigenvalue weighted by atomic mass is 79.9. The first kappa shape index (κ1) is 25.7. The van der Waals surface area contributed by atoms with Crippen molar-refractivity contribution < 1.29 is 4.79 Å². The molecular weight excluding hydrogens is 568 g/mol.